The van der Waals surface area contributed by atoms with Crippen molar-refractivity contribution in [3.63, 3.8) is 0 Å². The van der Waals surface area contributed by atoms with E-state index >= 15 is 0 Å². The van der Waals surface area contributed by atoms with Crippen LogP contribution in [0.3, 0.4) is 0 Å². The third-order valence-corrected chi connectivity index (χ3v) is 5.20. The summed E-state index contributed by atoms with van der Waals surface area (Å²) in [5.74, 6) is -0.504. The molecular weight excluding hydrogens is 436 g/mol. The Morgan fingerprint density at radius 1 is 1.22 bits per heavy atom. The first-order valence-electron chi connectivity index (χ1n) is 9.09. The molecule has 1 amide bonds. The van der Waals surface area contributed by atoms with Crippen LogP contribution in [-0.2, 0) is 5.75 Å². The highest BCUT2D eigenvalue weighted by molar-refractivity contribution is 7.98. The third kappa shape index (κ3) is 4.52. The highest BCUT2D eigenvalue weighted by Crippen LogP contribution is 2.26. The summed E-state index contributed by atoms with van der Waals surface area (Å²) in [7, 11) is 0. The lowest BCUT2D eigenvalue weighted by atomic mass is 10.2. The number of hydrogen-bond donors (Lipinski definition) is 4. The summed E-state index contributed by atoms with van der Waals surface area (Å²) >= 11 is 1.46. The van der Waals surface area contributed by atoms with E-state index in [-0.39, 0.29) is 28.8 Å². The number of phenolic OH excluding ortho intramolecular Hbond substituents is 2. The highest BCUT2D eigenvalue weighted by Gasteiger charge is 2.24. The molecular formula is C19H16N8O4S. The Morgan fingerprint density at radius 3 is 2.75 bits per heavy atom. The first-order valence-corrected chi connectivity index (χ1v) is 10.1. The van der Waals surface area contributed by atoms with Crippen molar-refractivity contribution in [2.45, 2.75) is 10.6 Å². The van der Waals surface area contributed by atoms with E-state index < -0.39 is 5.91 Å². The van der Waals surface area contributed by atoms with Crippen molar-refractivity contribution in [2.75, 3.05) is 5.73 Å². The average molecular weight is 452 g/mol. The van der Waals surface area contributed by atoms with Crippen LogP contribution in [0.5, 0.6) is 11.5 Å². The number of thioether (sulfide) groups is 1. The number of aromatic nitrogens is 5. The molecule has 2 heterocycles. The number of nitrogen functional groups attached to an aromatic ring is 1. The van der Waals surface area contributed by atoms with Crippen molar-refractivity contribution in [1.82, 2.24) is 30.7 Å². The second-order valence-electron chi connectivity index (χ2n) is 6.31. The first-order chi connectivity index (χ1) is 15.5. The van der Waals surface area contributed by atoms with Crippen molar-refractivity contribution >= 4 is 29.7 Å². The second-order valence-corrected chi connectivity index (χ2v) is 7.36. The number of phenols is 2. The van der Waals surface area contributed by atoms with Crippen LogP contribution in [0.1, 0.15) is 21.7 Å². The molecule has 0 spiro atoms. The summed E-state index contributed by atoms with van der Waals surface area (Å²) in [6.07, 6.45) is 1.23. The van der Waals surface area contributed by atoms with Gasteiger partial charge in [0.25, 0.3) is 5.91 Å². The van der Waals surface area contributed by atoms with Crippen LogP contribution in [0.15, 0.2) is 63.2 Å². The van der Waals surface area contributed by atoms with Crippen molar-refractivity contribution in [3.8, 4) is 17.3 Å². The van der Waals surface area contributed by atoms with Crippen LogP contribution >= 0.6 is 11.8 Å². The van der Waals surface area contributed by atoms with Gasteiger partial charge in [0, 0.05) is 22.3 Å². The number of rotatable bonds is 7. The first kappa shape index (κ1) is 20.9. The monoisotopic (exact) mass is 452 g/mol. The van der Waals surface area contributed by atoms with Crippen LogP contribution in [0, 0.1) is 0 Å². The summed E-state index contributed by atoms with van der Waals surface area (Å²) in [5.41, 5.74) is 8.82. The maximum atomic E-state index is 12.7. The number of aromatic hydroxyl groups is 2. The van der Waals surface area contributed by atoms with Gasteiger partial charge in [-0.25, -0.2) is 10.1 Å². The fraction of sp³-hybridized carbons (Fsp3) is 0.0526. The van der Waals surface area contributed by atoms with Crippen LogP contribution in [0.25, 0.3) is 5.82 Å². The van der Waals surface area contributed by atoms with E-state index in [9.17, 15) is 15.0 Å². The molecule has 2 aromatic carbocycles. The number of nitrogens with zero attached hydrogens (tertiary/aromatic N) is 6. The molecule has 0 aliphatic rings. The standard InChI is InChI=1S/C19H16N8O4S/c20-17-18(25-31-24-17)27-14(10-32-13-4-2-1-3-5-13)16(22-26-27)19(30)23-21-9-11-6-7-12(28)8-15(11)29/h1-9,28-29H,10H2,(H2,20,24)(H,23,30)/b21-9-. The van der Waals surface area contributed by atoms with Gasteiger partial charge in [-0.2, -0.15) is 9.78 Å². The summed E-state index contributed by atoms with van der Waals surface area (Å²) in [5, 5.41) is 38.2. The summed E-state index contributed by atoms with van der Waals surface area (Å²) in [4.78, 5) is 13.7. The van der Waals surface area contributed by atoms with Crippen molar-refractivity contribution < 1.29 is 19.6 Å². The number of benzene rings is 2. The molecule has 0 bridgehead atoms. The van der Waals surface area contributed by atoms with Crippen LogP contribution in [-0.4, -0.2) is 47.6 Å². The molecule has 0 aliphatic carbocycles. The van der Waals surface area contributed by atoms with E-state index in [0.717, 1.165) is 11.0 Å². The molecule has 5 N–H and O–H groups in total. The Balaban J connectivity index is 1.58. The minimum absolute atomic E-state index is 0.00269. The Labute approximate surface area is 184 Å². The predicted molar refractivity (Wildman–Crippen MR) is 114 cm³/mol. The molecule has 12 nitrogen and oxygen atoms in total. The zero-order chi connectivity index (χ0) is 22.5. The zero-order valence-electron chi connectivity index (χ0n) is 16.3. The van der Waals surface area contributed by atoms with E-state index in [0.29, 0.717) is 17.0 Å². The largest absolute Gasteiger partial charge is 0.508 e. The van der Waals surface area contributed by atoms with E-state index in [1.165, 1.54) is 34.8 Å². The molecule has 0 atom stereocenters. The summed E-state index contributed by atoms with van der Waals surface area (Å²) in [6, 6.07) is 13.5. The van der Waals surface area contributed by atoms with Gasteiger partial charge in [-0.3, -0.25) is 4.79 Å². The van der Waals surface area contributed by atoms with Gasteiger partial charge in [0.2, 0.25) is 11.6 Å². The smallest absolute Gasteiger partial charge is 0.293 e. The zero-order valence-corrected chi connectivity index (χ0v) is 17.1. The molecule has 0 radical (unpaired) electrons. The molecule has 0 saturated carbocycles. The molecule has 0 unspecified atom stereocenters. The molecule has 4 aromatic rings. The Kier molecular flexibility index (Phi) is 5.98. The lowest BCUT2D eigenvalue weighted by Crippen LogP contribution is -2.20. The summed E-state index contributed by atoms with van der Waals surface area (Å²) in [6.45, 7) is 0. The van der Waals surface area contributed by atoms with Crippen molar-refractivity contribution in [3.05, 3.63) is 65.5 Å². The topological polar surface area (TPSA) is 178 Å². The quantitative estimate of drug-likeness (QED) is 0.183. The normalized spacial score (nSPS) is 11.1. The van der Waals surface area contributed by atoms with Gasteiger partial charge >= 0.3 is 0 Å². The SMILES string of the molecule is Nc1nonc1-n1nnc(C(=O)N/N=C\c2ccc(O)cc2O)c1CSc1ccccc1. The number of carbonyl (C=O) groups excluding carboxylic acids is 1. The molecule has 0 saturated heterocycles. The van der Waals surface area contributed by atoms with E-state index in [1.807, 2.05) is 30.3 Å². The number of amides is 1. The fourth-order valence-electron chi connectivity index (χ4n) is 2.64. The average Bonchev–Trinajstić information content (AvgIpc) is 3.40. The number of anilines is 1. The second kappa shape index (κ2) is 9.18. The molecule has 0 fully saturated rings. The van der Waals surface area contributed by atoms with Gasteiger partial charge in [-0.1, -0.05) is 23.4 Å². The van der Waals surface area contributed by atoms with Crippen LogP contribution in [0.4, 0.5) is 5.82 Å². The number of nitrogens with one attached hydrogen (secondary N) is 1. The van der Waals surface area contributed by atoms with E-state index in [2.05, 4.69) is 35.8 Å². The lowest BCUT2D eigenvalue weighted by molar-refractivity contribution is 0.0949. The van der Waals surface area contributed by atoms with Gasteiger partial charge in [-0.15, -0.1) is 16.9 Å². The van der Waals surface area contributed by atoms with Crippen LogP contribution < -0.4 is 11.2 Å². The molecule has 4 rings (SSSR count). The third-order valence-electron chi connectivity index (χ3n) is 4.18. The molecule has 13 heteroatoms. The highest BCUT2D eigenvalue weighted by atomic mass is 32.2. The lowest BCUT2D eigenvalue weighted by Gasteiger charge is -2.06. The number of hydrogen-bond acceptors (Lipinski definition) is 11. The molecule has 32 heavy (non-hydrogen) atoms. The minimum atomic E-state index is -0.635. The van der Waals surface area contributed by atoms with Gasteiger partial charge < -0.3 is 15.9 Å². The van der Waals surface area contributed by atoms with Gasteiger partial charge in [0.05, 0.1) is 11.9 Å². The predicted octanol–water partition coefficient (Wildman–Crippen LogP) is 1.70. The molecule has 0 aliphatic heterocycles. The maximum absolute atomic E-state index is 12.7. The fourth-order valence-corrected chi connectivity index (χ4v) is 3.55. The van der Waals surface area contributed by atoms with Crippen molar-refractivity contribution in [1.29, 1.82) is 0 Å². The van der Waals surface area contributed by atoms with Crippen molar-refractivity contribution in [2.24, 2.45) is 5.10 Å². The Morgan fingerprint density at radius 2 is 2.03 bits per heavy atom. The number of carbonyl (C=O) groups is 1. The number of hydrazone groups is 1. The minimum Gasteiger partial charge on any atom is -0.508 e. The Bertz CT molecular complexity index is 1270. The van der Waals surface area contributed by atoms with Crippen LogP contribution in [0.2, 0.25) is 0 Å². The summed E-state index contributed by atoms with van der Waals surface area (Å²) < 4.78 is 5.92. The maximum Gasteiger partial charge on any atom is 0.293 e. The van der Waals surface area contributed by atoms with Gasteiger partial charge in [0.15, 0.2) is 5.69 Å². The Hall–Kier alpha value is -4.39. The van der Waals surface area contributed by atoms with Gasteiger partial charge in [-0.05, 0) is 34.6 Å². The van der Waals surface area contributed by atoms with Gasteiger partial charge in [0.1, 0.15) is 11.5 Å². The molecule has 2 aromatic heterocycles. The van der Waals surface area contributed by atoms with E-state index in [4.69, 9.17) is 5.73 Å². The van der Waals surface area contributed by atoms with E-state index in [1.54, 1.807) is 0 Å². The number of nitrogens with two attached hydrogens (primary N) is 1. The molecule has 162 valence electrons.